The Labute approximate surface area is 67.8 Å². The van der Waals surface area contributed by atoms with Crippen LogP contribution in [0.25, 0.3) is 0 Å². The standard InChI is InChI=1S/C8H11O2P/c1-5-3-6(2)8(9)7(4-5)11-10/h3-4,9-11H,1-2H3/p-1. The van der Waals surface area contributed by atoms with Gasteiger partial charge in [-0.3, -0.25) is 0 Å². The van der Waals surface area contributed by atoms with Crippen molar-refractivity contribution in [2.75, 3.05) is 0 Å². The van der Waals surface area contributed by atoms with Gasteiger partial charge in [0.25, 0.3) is 0 Å². The van der Waals surface area contributed by atoms with E-state index in [1.807, 2.05) is 13.0 Å². The molecule has 2 nitrogen and oxygen atoms in total. The molecule has 1 unspecified atom stereocenters. The molecular weight excluding hydrogens is 159 g/mol. The summed E-state index contributed by atoms with van der Waals surface area (Å²) in [6, 6.07) is 3.56. The average molecular weight is 169 g/mol. The Kier molecular flexibility index (Phi) is 2.48. The average Bonchev–Trinajstić information content (AvgIpc) is 1.96. The van der Waals surface area contributed by atoms with Crippen LogP contribution >= 0.6 is 8.81 Å². The van der Waals surface area contributed by atoms with Gasteiger partial charge >= 0.3 is 0 Å². The molecule has 0 bridgehead atoms. The molecule has 60 valence electrons. The maximum absolute atomic E-state index is 11.2. The molecule has 0 aromatic heterocycles. The van der Waals surface area contributed by atoms with E-state index in [1.165, 1.54) is 0 Å². The molecule has 11 heavy (non-hydrogen) atoms. The summed E-state index contributed by atoms with van der Waals surface area (Å²) in [5, 5.41) is 11.7. The van der Waals surface area contributed by atoms with Gasteiger partial charge in [0.2, 0.25) is 0 Å². The maximum Gasteiger partial charge on any atom is 0.0413 e. The molecule has 0 saturated heterocycles. The highest BCUT2D eigenvalue weighted by atomic mass is 31.1. The van der Waals surface area contributed by atoms with Crippen LogP contribution in [0.1, 0.15) is 11.1 Å². The topological polar surface area (TPSA) is 43.3 Å². The Bertz CT molecular complexity index is 271. The fraction of sp³-hybridized carbons (Fsp3) is 0.250. The lowest BCUT2D eigenvalue weighted by Crippen LogP contribution is -2.08. The first kappa shape index (κ1) is 8.51. The van der Waals surface area contributed by atoms with Crippen LogP contribution in [0.15, 0.2) is 12.1 Å². The largest absolute Gasteiger partial charge is 0.872 e. The van der Waals surface area contributed by atoms with E-state index in [-0.39, 0.29) is 5.75 Å². The van der Waals surface area contributed by atoms with Crippen LogP contribution in [0.5, 0.6) is 5.75 Å². The summed E-state index contributed by atoms with van der Waals surface area (Å²) in [6.45, 7) is 3.68. The summed E-state index contributed by atoms with van der Waals surface area (Å²) in [6.07, 6.45) is 0. The Morgan fingerprint density at radius 2 is 2.00 bits per heavy atom. The number of aryl methyl sites for hydroxylation is 2. The molecule has 1 aromatic carbocycles. The molecule has 0 saturated carbocycles. The summed E-state index contributed by atoms with van der Waals surface area (Å²) in [5.74, 6) is -0.0311. The molecule has 0 aliphatic carbocycles. The van der Waals surface area contributed by atoms with Gasteiger partial charge in [0.05, 0.1) is 0 Å². The highest BCUT2D eigenvalue weighted by Gasteiger charge is 1.96. The van der Waals surface area contributed by atoms with Gasteiger partial charge in [0.15, 0.2) is 0 Å². The number of hydrogen-bond acceptors (Lipinski definition) is 2. The van der Waals surface area contributed by atoms with Crippen molar-refractivity contribution in [2.45, 2.75) is 13.8 Å². The summed E-state index contributed by atoms with van der Waals surface area (Å²) in [7, 11) is -0.391. The third-order valence-corrected chi connectivity index (χ3v) is 2.15. The molecule has 0 fully saturated rings. The van der Waals surface area contributed by atoms with Gasteiger partial charge in [-0.15, -0.1) is 0 Å². The van der Waals surface area contributed by atoms with Crippen molar-refractivity contribution in [1.82, 2.24) is 0 Å². The molecule has 1 aromatic rings. The summed E-state index contributed by atoms with van der Waals surface area (Å²) in [5.41, 5.74) is 1.74. The quantitative estimate of drug-likeness (QED) is 0.625. The van der Waals surface area contributed by atoms with Crippen molar-refractivity contribution in [1.29, 1.82) is 0 Å². The molecule has 3 heteroatoms. The second-order valence-corrected chi connectivity index (χ2v) is 3.33. The number of rotatable bonds is 1. The molecule has 1 rings (SSSR count). The highest BCUT2D eigenvalue weighted by Crippen LogP contribution is 2.18. The maximum atomic E-state index is 11.2. The van der Waals surface area contributed by atoms with Gasteiger partial charge in [-0.05, 0) is 19.2 Å². The van der Waals surface area contributed by atoms with E-state index in [0.29, 0.717) is 10.9 Å². The lowest BCUT2D eigenvalue weighted by Gasteiger charge is -2.15. The van der Waals surface area contributed by atoms with Crippen LogP contribution in [0, 0.1) is 13.8 Å². The molecule has 1 atom stereocenters. The lowest BCUT2D eigenvalue weighted by atomic mass is 10.1. The van der Waals surface area contributed by atoms with Crippen LogP contribution in [0.4, 0.5) is 0 Å². The molecule has 0 aliphatic heterocycles. The van der Waals surface area contributed by atoms with Crippen LogP contribution in [0.3, 0.4) is 0 Å². The summed E-state index contributed by atoms with van der Waals surface area (Å²) in [4.78, 5) is 8.80. The summed E-state index contributed by atoms with van der Waals surface area (Å²) < 4.78 is 0. The minimum atomic E-state index is -0.391. The van der Waals surface area contributed by atoms with Crippen LogP contribution in [0.2, 0.25) is 0 Å². The molecule has 1 N–H and O–H groups in total. The van der Waals surface area contributed by atoms with E-state index in [1.54, 1.807) is 13.0 Å². The lowest BCUT2D eigenvalue weighted by molar-refractivity contribution is -0.267. The van der Waals surface area contributed by atoms with Gasteiger partial charge < -0.3 is 10.00 Å². The van der Waals surface area contributed by atoms with Crippen LogP contribution in [-0.2, 0) is 0 Å². The van der Waals surface area contributed by atoms with Crippen molar-refractivity contribution in [3.05, 3.63) is 23.3 Å². The Morgan fingerprint density at radius 3 is 2.55 bits per heavy atom. The van der Waals surface area contributed by atoms with Gasteiger partial charge in [-0.2, -0.15) is 0 Å². The molecule has 0 spiro atoms. The van der Waals surface area contributed by atoms with E-state index in [9.17, 15) is 5.11 Å². The zero-order valence-electron chi connectivity index (χ0n) is 6.51. The molecule has 0 heterocycles. The van der Waals surface area contributed by atoms with Gasteiger partial charge in [0, 0.05) is 8.81 Å². The minimum Gasteiger partial charge on any atom is -0.872 e. The van der Waals surface area contributed by atoms with Gasteiger partial charge in [-0.1, -0.05) is 29.0 Å². The summed E-state index contributed by atoms with van der Waals surface area (Å²) >= 11 is 0. The fourth-order valence-electron chi connectivity index (χ4n) is 1.04. The predicted molar refractivity (Wildman–Crippen MR) is 45.5 cm³/mol. The zero-order valence-corrected chi connectivity index (χ0v) is 7.51. The highest BCUT2D eigenvalue weighted by molar-refractivity contribution is 7.41. The normalized spacial score (nSPS) is 11.2. The first-order valence-corrected chi connectivity index (χ1v) is 4.28. The van der Waals surface area contributed by atoms with Crippen molar-refractivity contribution >= 4 is 14.1 Å². The minimum absolute atomic E-state index is 0.0311. The Hall–Kier alpha value is -0.590. The smallest absolute Gasteiger partial charge is 0.0413 e. The number of hydrogen-bond donors (Lipinski definition) is 1. The van der Waals surface area contributed by atoms with Crippen molar-refractivity contribution in [3.63, 3.8) is 0 Å². The molecular formula is C8H10O2P-. The van der Waals surface area contributed by atoms with E-state index >= 15 is 0 Å². The van der Waals surface area contributed by atoms with E-state index < -0.39 is 8.81 Å². The van der Waals surface area contributed by atoms with Crippen LogP contribution < -0.4 is 10.4 Å². The second kappa shape index (κ2) is 3.21. The van der Waals surface area contributed by atoms with E-state index in [0.717, 1.165) is 5.56 Å². The molecule has 0 aliphatic rings. The third kappa shape index (κ3) is 1.70. The van der Waals surface area contributed by atoms with Crippen molar-refractivity contribution < 1.29 is 10.00 Å². The SMILES string of the molecule is Cc1cc(C)c([O-])c(PO)c1. The zero-order chi connectivity index (χ0) is 8.43. The van der Waals surface area contributed by atoms with E-state index in [2.05, 4.69) is 0 Å². The predicted octanol–water partition coefficient (Wildman–Crippen LogP) is 0.588. The van der Waals surface area contributed by atoms with Crippen molar-refractivity contribution in [2.24, 2.45) is 0 Å². The molecule has 0 radical (unpaired) electrons. The first-order chi connectivity index (χ1) is 5.15. The van der Waals surface area contributed by atoms with Crippen LogP contribution in [-0.4, -0.2) is 4.89 Å². The van der Waals surface area contributed by atoms with Gasteiger partial charge in [-0.25, -0.2) is 0 Å². The number of benzene rings is 1. The second-order valence-electron chi connectivity index (χ2n) is 2.57. The fourth-order valence-corrected chi connectivity index (χ4v) is 1.63. The van der Waals surface area contributed by atoms with E-state index in [4.69, 9.17) is 4.89 Å². The Balaban J connectivity index is 3.24. The van der Waals surface area contributed by atoms with Gasteiger partial charge in [0.1, 0.15) is 0 Å². The molecule has 0 amide bonds. The Morgan fingerprint density at radius 1 is 1.36 bits per heavy atom. The first-order valence-electron chi connectivity index (χ1n) is 3.33. The monoisotopic (exact) mass is 169 g/mol. The third-order valence-electron chi connectivity index (χ3n) is 1.54. The van der Waals surface area contributed by atoms with Crippen molar-refractivity contribution in [3.8, 4) is 5.75 Å².